The van der Waals surface area contributed by atoms with E-state index in [1.54, 1.807) is 0 Å². The molecule has 0 fully saturated rings. The van der Waals surface area contributed by atoms with Crippen LogP contribution in [0.3, 0.4) is 0 Å². The fourth-order valence-corrected chi connectivity index (χ4v) is 3.80. The van der Waals surface area contributed by atoms with E-state index in [0.717, 1.165) is 56.0 Å². The minimum absolute atomic E-state index is 0.676. The molecule has 0 spiro atoms. The van der Waals surface area contributed by atoms with Gasteiger partial charge in [-0.25, -0.2) is 9.97 Å². The standard InChI is InChI=1S/C23H19BrN4/c1-4-20-27-22-14(2)21(24)15(3)26-23(22)28(20)18-11-9-16(10-12-18)19-8-6-5-7-17(19)13-25/h5-12H,4H2,1-3H3. The van der Waals surface area contributed by atoms with E-state index in [4.69, 9.17) is 9.97 Å². The molecule has 0 aliphatic carbocycles. The summed E-state index contributed by atoms with van der Waals surface area (Å²) in [6, 6.07) is 18.2. The molecule has 0 unspecified atom stereocenters. The lowest BCUT2D eigenvalue weighted by Crippen LogP contribution is -2.02. The molecule has 4 nitrogen and oxygen atoms in total. The summed E-state index contributed by atoms with van der Waals surface area (Å²) < 4.78 is 3.14. The Hall–Kier alpha value is -2.97. The second kappa shape index (κ2) is 7.21. The summed E-state index contributed by atoms with van der Waals surface area (Å²) in [6.07, 6.45) is 0.811. The molecule has 0 atom stereocenters. The lowest BCUT2D eigenvalue weighted by Gasteiger charge is -2.11. The maximum Gasteiger partial charge on any atom is 0.165 e. The highest BCUT2D eigenvalue weighted by atomic mass is 79.9. The number of nitrogens with zero attached hydrogens (tertiary/aromatic N) is 4. The lowest BCUT2D eigenvalue weighted by molar-refractivity contribution is 0.900. The zero-order valence-electron chi connectivity index (χ0n) is 16.0. The summed E-state index contributed by atoms with van der Waals surface area (Å²) in [5.74, 6) is 0.980. The molecule has 28 heavy (non-hydrogen) atoms. The number of hydrogen-bond donors (Lipinski definition) is 0. The second-order valence-corrected chi connectivity index (χ2v) is 7.52. The van der Waals surface area contributed by atoms with Crippen LogP contribution in [0.2, 0.25) is 0 Å². The Labute approximate surface area is 172 Å². The van der Waals surface area contributed by atoms with Crippen LogP contribution in [-0.4, -0.2) is 14.5 Å². The first-order chi connectivity index (χ1) is 13.5. The van der Waals surface area contributed by atoms with E-state index in [0.29, 0.717) is 5.56 Å². The SMILES string of the molecule is CCc1nc2c(C)c(Br)c(C)nc2n1-c1ccc(-c2ccccc2C#N)cc1. The highest BCUT2D eigenvalue weighted by molar-refractivity contribution is 9.10. The zero-order valence-corrected chi connectivity index (χ0v) is 17.6. The topological polar surface area (TPSA) is 54.5 Å². The van der Waals surface area contributed by atoms with Crippen LogP contribution in [-0.2, 0) is 6.42 Å². The minimum Gasteiger partial charge on any atom is -0.281 e. The highest BCUT2D eigenvalue weighted by Crippen LogP contribution is 2.30. The number of pyridine rings is 1. The molecule has 0 N–H and O–H groups in total. The van der Waals surface area contributed by atoms with Crippen LogP contribution in [0, 0.1) is 25.2 Å². The lowest BCUT2D eigenvalue weighted by atomic mass is 10.0. The summed E-state index contributed by atoms with van der Waals surface area (Å²) >= 11 is 3.62. The van der Waals surface area contributed by atoms with Gasteiger partial charge >= 0.3 is 0 Å². The average molecular weight is 431 g/mol. The average Bonchev–Trinajstić information content (AvgIpc) is 3.10. The van der Waals surface area contributed by atoms with E-state index in [9.17, 15) is 5.26 Å². The Morgan fingerprint density at radius 1 is 1.04 bits per heavy atom. The van der Waals surface area contributed by atoms with Crippen molar-refractivity contribution in [3.63, 3.8) is 0 Å². The van der Waals surface area contributed by atoms with Crippen LogP contribution in [0.1, 0.15) is 29.6 Å². The first-order valence-corrected chi connectivity index (χ1v) is 9.98. The van der Waals surface area contributed by atoms with E-state index in [2.05, 4.69) is 64.7 Å². The van der Waals surface area contributed by atoms with Crippen molar-refractivity contribution in [3.05, 3.63) is 75.6 Å². The van der Waals surface area contributed by atoms with Crippen molar-refractivity contribution in [2.75, 3.05) is 0 Å². The van der Waals surface area contributed by atoms with Crippen molar-refractivity contribution in [3.8, 4) is 22.9 Å². The van der Waals surface area contributed by atoms with Gasteiger partial charge in [-0.15, -0.1) is 0 Å². The number of halogens is 1. The molecule has 0 aliphatic rings. The summed E-state index contributed by atoms with van der Waals surface area (Å²) in [5.41, 5.74) is 7.52. The highest BCUT2D eigenvalue weighted by Gasteiger charge is 2.17. The Balaban J connectivity index is 1.88. The number of aromatic nitrogens is 3. The number of benzene rings is 2. The third-order valence-corrected chi connectivity index (χ3v) is 6.17. The Bertz CT molecular complexity index is 1230. The Kier molecular flexibility index (Phi) is 4.74. The molecule has 2 heterocycles. The molecular weight excluding hydrogens is 412 g/mol. The summed E-state index contributed by atoms with van der Waals surface area (Å²) in [7, 11) is 0. The van der Waals surface area contributed by atoms with E-state index in [-0.39, 0.29) is 0 Å². The van der Waals surface area contributed by atoms with Crippen LogP contribution in [0.15, 0.2) is 53.0 Å². The third kappa shape index (κ3) is 2.90. The molecule has 4 rings (SSSR count). The van der Waals surface area contributed by atoms with Crippen molar-refractivity contribution < 1.29 is 0 Å². The van der Waals surface area contributed by atoms with Crippen molar-refractivity contribution in [1.29, 1.82) is 5.26 Å². The molecular formula is C23H19BrN4. The molecule has 5 heteroatoms. The molecule has 0 saturated carbocycles. The van der Waals surface area contributed by atoms with Crippen molar-refractivity contribution in [2.24, 2.45) is 0 Å². The molecule has 0 radical (unpaired) electrons. The predicted molar refractivity (Wildman–Crippen MR) is 116 cm³/mol. The van der Waals surface area contributed by atoms with Gasteiger partial charge in [-0.2, -0.15) is 5.26 Å². The first-order valence-electron chi connectivity index (χ1n) is 9.19. The summed E-state index contributed by atoms with van der Waals surface area (Å²) in [6.45, 7) is 6.17. The van der Waals surface area contributed by atoms with Crippen molar-refractivity contribution in [2.45, 2.75) is 27.2 Å². The van der Waals surface area contributed by atoms with Crippen LogP contribution in [0.5, 0.6) is 0 Å². The van der Waals surface area contributed by atoms with E-state index >= 15 is 0 Å². The first kappa shape index (κ1) is 18.4. The van der Waals surface area contributed by atoms with Gasteiger partial charge in [0, 0.05) is 16.6 Å². The number of hydrogen-bond acceptors (Lipinski definition) is 3. The second-order valence-electron chi connectivity index (χ2n) is 6.73. The maximum absolute atomic E-state index is 9.37. The van der Waals surface area contributed by atoms with E-state index in [1.807, 2.05) is 31.2 Å². The smallest absolute Gasteiger partial charge is 0.165 e. The van der Waals surface area contributed by atoms with Gasteiger partial charge in [0.15, 0.2) is 5.65 Å². The molecule has 0 bridgehead atoms. The zero-order chi connectivity index (χ0) is 19.8. The minimum atomic E-state index is 0.676. The molecule has 4 aromatic rings. The molecule has 0 aliphatic heterocycles. The van der Waals surface area contributed by atoms with Gasteiger partial charge in [0.05, 0.1) is 17.3 Å². The van der Waals surface area contributed by atoms with Gasteiger partial charge in [-0.05, 0) is 64.7 Å². The Morgan fingerprint density at radius 3 is 2.43 bits per heavy atom. The fourth-order valence-electron chi connectivity index (χ4n) is 3.53. The molecule has 2 aromatic heterocycles. The van der Waals surface area contributed by atoms with E-state index < -0.39 is 0 Å². The Morgan fingerprint density at radius 2 is 1.75 bits per heavy atom. The molecule has 138 valence electrons. The number of fused-ring (bicyclic) bond motifs is 1. The fraction of sp³-hybridized carbons (Fsp3) is 0.174. The molecule has 0 saturated heterocycles. The number of rotatable bonds is 3. The molecule has 0 amide bonds. The summed E-state index contributed by atoms with van der Waals surface area (Å²) in [4.78, 5) is 9.64. The van der Waals surface area contributed by atoms with Crippen LogP contribution >= 0.6 is 15.9 Å². The van der Waals surface area contributed by atoms with Gasteiger partial charge < -0.3 is 0 Å². The van der Waals surface area contributed by atoms with Gasteiger partial charge in [0.2, 0.25) is 0 Å². The molecule has 2 aromatic carbocycles. The van der Waals surface area contributed by atoms with Gasteiger partial charge in [0.25, 0.3) is 0 Å². The van der Waals surface area contributed by atoms with Gasteiger partial charge in [0.1, 0.15) is 11.3 Å². The van der Waals surface area contributed by atoms with Crippen LogP contribution in [0.25, 0.3) is 28.0 Å². The van der Waals surface area contributed by atoms with E-state index in [1.165, 1.54) is 0 Å². The quantitative estimate of drug-likeness (QED) is 0.406. The number of nitriles is 1. The normalized spacial score (nSPS) is 11.0. The third-order valence-electron chi connectivity index (χ3n) is 5.00. The number of aryl methyl sites for hydroxylation is 3. The van der Waals surface area contributed by atoms with Gasteiger partial charge in [-0.3, -0.25) is 4.57 Å². The van der Waals surface area contributed by atoms with Crippen molar-refractivity contribution >= 4 is 27.1 Å². The maximum atomic E-state index is 9.37. The van der Waals surface area contributed by atoms with Crippen LogP contribution < -0.4 is 0 Å². The van der Waals surface area contributed by atoms with Crippen LogP contribution in [0.4, 0.5) is 0 Å². The monoisotopic (exact) mass is 430 g/mol. The van der Waals surface area contributed by atoms with Gasteiger partial charge in [-0.1, -0.05) is 37.3 Å². The number of imidazole rings is 1. The van der Waals surface area contributed by atoms with Crippen molar-refractivity contribution in [1.82, 2.24) is 14.5 Å². The summed E-state index contributed by atoms with van der Waals surface area (Å²) in [5, 5.41) is 9.37. The predicted octanol–water partition coefficient (Wildman–Crippen LogP) is 5.90. The largest absolute Gasteiger partial charge is 0.281 e.